The molecule has 0 aliphatic carbocycles. The molecule has 0 amide bonds. The number of nitrogen functional groups attached to an aromatic ring is 1. The number of fused-ring (bicyclic) bond motifs is 3. The van der Waals surface area contributed by atoms with Crippen molar-refractivity contribution in [2.45, 2.75) is 18.8 Å². The maximum absolute atomic E-state index is 14.2. The molecule has 8 nitrogen and oxygen atoms in total. The third kappa shape index (κ3) is 2.89. The Labute approximate surface area is 166 Å². The van der Waals surface area contributed by atoms with E-state index in [4.69, 9.17) is 15.5 Å². The molecular weight excluding hydrogens is 373 g/mol. The summed E-state index contributed by atoms with van der Waals surface area (Å²) in [4.78, 5) is 15.4. The molecule has 9 heteroatoms. The molecule has 2 N–H and O–H groups in total. The van der Waals surface area contributed by atoms with E-state index in [1.807, 2.05) is 23.1 Å². The standard InChI is InChI=1S/C20H20FN7O/c1-29-15-8-2-6-13-16(15)24-20(22)28-18(13)25-17(26-28)12-5-4-10-27(11-12)19-14(21)7-3-9-23-19/h2-3,6-9,12H,4-5,10-11H2,1H3,(H2,22,24)/t12-/m1/s1. The van der Waals surface area contributed by atoms with Gasteiger partial charge in [0, 0.05) is 30.6 Å². The second-order valence-electron chi connectivity index (χ2n) is 7.13. The lowest BCUT2D eigenvalue weighted by Gasteiger charge is -2.32. The molecule has 1 aliphatic heterocycles. The molecule has 4 heterocycles. The number of anilines is 2. The molecular formula is C20H20FN7O. The number of aromatic nitrogens is 5. The molecule has 0 spiro atoms. The van der Waals surface area contributed by atoms with Crippen molar-refractivity contribution in [3.05, 3.63) is 48.2 Å². The van der Waals surface area contributed by atoms with Crippen LogP contribution in [0.1, 0.15) is 24.6 Å². The van der Waals surface area contributed by atoms with E-state index in [1.54, 1.807) is 23.9 Å². The fourth-order valence-corrected chi connectivity index (χ4v) is 3.97. The maximum atomic E-state index is 14.2. The van der Waals surface area contributed by atoms with Crippen LogP contribution in [0, 0.1) is 5.82 Å². The zero-order valence-electron chi connectivity index (χ0n) is 15.9. The van der Waals surface area contributed by atoms with Crippen molar-refractivity contribution in [3.8, 4) is 5.75 Å². The molecule has 1 saturated heterocycles. The van der Waals surface area contributed by atoms with Crippen LogP contribution in [0.25, 0.3) is 16.6 Å². The van der Waals surface area contributed by atoms with Gasteiger partial charge in [0.15, 0.2) is 23.1 Å². The Morgan fingerprint density at radius 3 is 2.93 bits per heavy atom. The third-order valence-electron chi connectivity index (χ3n) is 5.35. The summed E-state index contributed by atoms with van der Waals surface area (Å²) in [6.07, 6.45) is 3.42. The quantitative estimate of drug-likeness (QED) is 0.572. The second kappa shape index (κ2) is 6.84. The van der Waals surface area contributed by atoms with E-state index in [-0.39, 0.29) is 17.7 Å². The monoisotopic (exact) mass is 393 g/mol. The minimum absolute atomic E-state index is 0.0464. The zero-order valence-corrected chi connectivity index (χ0v) is 15.9. The van der Waals surface area contributed by atoms with Crippen LogP contribution < -0.4 is 15.4 Å². The Morgan fingerprint density at radius 1 is 1.21 bits per heavy atom. The van der Waals surface area contributed by atoms with Gasteiger partial charge in [-0.2, -0.15) is 4.52 Å². The molecule has 3 aromatic heterocycles. The van der Waals surface area contributed by atoms with E-state index in [2.05, 4.69) is 15.1 Å². The minimum atomic E-state index is -0.317. The first-order valence-electron chi connectivity index (χ1n) is 9.50. The smallest absolute Gasteiger partial charge is 0.223 e. The highest BCUT2D eigenvalue weighted by Gasteiger charge is 2.27. The molecule has 1 aliphatic rings. The number of nitrogens with two attached hydrogens (primary N) is 1. The SMILES string of the molecule is COc1cccc2c1nc(N)n1nc([C@@H]3CCCN(c4ncccc4F)C3)nc21. The Balaban J connectivity index is 1.56. The molecule has 0 unspecified atom stereocenters. The van der Waals surface area contributed by atoms with E-state index in [9.17, 15) is 4.39 Å². The number of ether oxygens (including phenoxy) is 1. The van der Waals surface area contributed by atoms with Gasteiger partial charge < -0.3 is 15.4 Å². The Kier molecular flexibility index (Phi) is 4.15. The highest BCUT2D eigenvalue weighted by Crippen LogP contribution is 2.31. The molecule has 1 atom stereocenters. The number of nitrogens with zero attached hydrogens (tertiary/aromatic N) is 6. The van der Waals surface area contributed by atoms with Crippen molar-refractivity contribution in [3.63, 3.8) is 0 Å². The predicted octanol–water partition coefficient (Wildman–Crippen LogP) is 2.79. The highest BCUT2D eigenvalue weighted by molar-refractivity contribution is 5.95. The molecule has 0 radical (unpaired) electrons. The molecule has 0 saturated carbocycles. The van der Waals surface area contributed by atoms with Crippen LogP contribution >= 0.6 is 0 Å². The van der Waals surface area contributed by atoms with Gasteiger partial charge in [0.1, 0.15) is 11.3 Å². The van der Waals surface area contributed by atoms with Crippen LogP contribution in [-0.2, 0) is 0 Å². The Hall–Kier alpha value is -3.49. The topological polar surface area (TPSA) is 94.5 Å². The second-order valence-corrected chi connectivity index (χ2v) is 7.13. The van der Waals surface area contributed by atoms with Crippen molar-refractivity contribution >= 4 is 28.3 Å². The van der Waals surface area contributed by atoms with Crippen LogP contribution in [0.15, 0.2) is 36.5 Å². The summed E-state index contributed by atoms with van der Waals surface area (Å²) in [6.45, 7) is 1.35. The molecule has 1 aromatic carbocycles. The van der Waals surface area contributed by atoms with Crippen molar-refractivity contribution < 1.29 is 9.13 Å². The van der Waals surface area contributed by atoms with Crippen molar-refractivity contribution in [2.24, 2.45) is 0 Å². The van der Waals surface area contributed by atoms with Gasteiger partial charge in [0.25, 0.3) is 0 Å². The molecule has 148 valence electrons. The van der Waals surface area contributed by atoms with Crippen LogP contribution in [0.3, 0.4) is 0 Å². The van der Waals surface area contributed by atoms with Gasteiger partial charge >= 0.3 is 0 Å². The fraction of sp³-hybridized carbons (Fsp3) is 0.300. The van der Waals surface area contributed by atoms with Gasteiger partial charge in [-0.25, -0.2) is 19.3 Å². The summed E-state index contributed by atoms with van der Waals surface area (Å²) in [5.41, 5.74) is 7.44. The molecule has 4 aromatic rings. The summed E-state index contributed by atoms with van der Waals surface area (Å²) < 4.78 is 21.2. The number of piperidine rings is 1. The van der Waals surface area contributed by atoms with Crippen molar-refractivity contribution in [1.29, 1.82) is 0 Å². The lowest BCUT2D eigenvalue weighted by atomic mass is 9.97. The van der Waals surface area contributed by atoms with Gasteiger partial charge in [0.05, 0.1) is 7.11 Å². The third-order valence-corrected chi connectivity index (χ3v) is 5.35. The minimum Gasteiger partial charge on any atom is -0.494 e. The number of benzene rings is 1. The molecule has 5 rings (SSSR count). The van der Waals surface area contributed by atoms with Crippen molar-refractivity contribution in [1.82, 2.24) is 24.6 Å². The lowest BCUT2D eigenvalue weighted by molar-refractivity contribution is 0.419. The largest absolute Gasteiger partial charge is 0.494 e. The molecule has 1 fully saturated rings. The summed E-state index contributed by atoms with van der Waals surface area (Å²) in [5.74, 6) is 1.66. The number of hydrogen-bond donors (Lipinski definition) is 1. The van der Waals surface area contributed by atoms with Crippen LogP contribution in [0.2, 0.25) is 0 Å². The number of hydrogen-bond acceptors (Lipinski definition) is 7. The normalized spacial score (nSPS) is 17.2. The number of methoxy groups -OCH3 is 1. The number of rotatable bonds is 3. The Morgan fingerprint density at radius 2 is 2.10 bits per heavy atom. The first-order chi connectivity index (χ1) is 14.2. The van der Waals surface area contributed by atoms with E-state index in [0.29, 0.717) is 35.1 Å². The zero-order chi connectivity index (χ0) is 20.0. The highest BCUT2D eigenvalue weighted by atomic mass is 19.1. The summed E-state index contributed by atoms with van der Waals surface area (Å²) in [7, 11) is 1.60. The number of pyridine rings is 1. The summed E-state index contributed by atoms with van der Waals surface area (Å²) >= 11 is 0. The first kappa shape index (κ1) is 17.6. The Bertz CT molecular complexity index is 1210. The molecule has 29 heavy (non-hydrogen) atoms. The maximum Gasteiger partial charge on any atom is 0.223 e. The van der Waals surface area contributed by atoms with E-state index in [1.165, 1.54) is 6.07 Å². The van der Waals surface area contributed by atoms with Crippen molar-refractivity contribution in [2.75, 3.05) is 30.8 Å². The molecule has 0 bridgehead atoms. The average molecular weight is 393 g/mol. The van der Waals surface area contributed by atoms with Gasteiger partial charge in [-0.1, -0.05) is 6.07 Å². The van der Waals surface area contributed by atoms with Gasteiger partial charge in [-0.3, -0.25) is 0 Å². The van der Waals surface area contributed by atoms with Crippen LogP contribution in [0.5, 0.6) is 5.75 Å². The first-order valence-corrected chi connectivity index (χ1v) is 9.50. The van der Waals surface area contributed by atoms with Gasteiger partial charge in [-0.15, -0.1) is 5.10 Å². The van der Waals surface area contributed by atoms with E-state index < -0.39 is 0 Å². The number of para-hydroxylation sites is 1. The average Bonchev–Trinajstić information content (AvgIpc) is 3.20. The lowest BCUT2D eigenvalue weighted by Crippen LogP contribution is -2.36. The van der Waals surface area contributed by atoms with Crippen LogP contribution in [-0.4, -0.2) is 44.8 Å². The van der Waals surface area contributed by atoms with Crippen LogP contribution in [0.4, 0.5) is 16.2 Å². The number of halogens is 1. The predicted molar refractivity (Wildman–Crippen MR) is 108 cm³/mol. The van der Waals surface area contributed by atoms with Gasteiger partial charge in [-0.05, 0) is 37.1 Å². The van der Waals surface area contributed by atoms with E-state index >= 15 is 0 Å². The van der Waals surface area contributed by atoms with Gasteiger partial charge in [0.2, 0.25) is 5.95 Å². The van der Waals surface area contributed by atoms with E-state index in [0.717, 1.165) is 24.8 Å². The fourth-order valence-electron chi connectivity index (χ4n) is 3.97. The summed E-state index contributed by atoms with van der Waals surface area (Å²) in [6, 6.07) is 8.68. The summed E-state index contributed by atoms with van der Waals surface area (Å²) in [5, 5.41) is 5.45.